The number of aromatic nitrogens is 2. The molecule has 1 fully saturated rings. The Balaban J connectivity index is 1.98. The van der Waals surface area contributed by atoms with Crippen LogP contribution in [0.2, 0.25) is 0 Å². The number of likely N-dealkylation sites (tertiary alicyclic amines) is 1. The highest BCUT2D eigenvalue weighted by atomic mass is 19.1. The van der Waals surface area contributed by atoms with Gasteiger partial charge in [0.15, 0.2) is 0 Å². The Morgan fingerprint density at radius 2 is 2.24 bits per heavy atom. The maximum Gasteiger partial charge on any atom is 0.308 e. The number of halogens is 1. The van der Waals surface area contributed by atoms with Gasteiger partial charge in [-0.3, -0.25) is 9.59 Å². The topological polar surface area (TPSA) is 86.3 Å². The summed E-state index contributed by atoms with van der Waals surface area (Å²) < 4.78 is 13.6. The number of H-pyrrole nitrogens is 1. The molecule has 0 aliphatic carbocycles. The molecule has 110 valence electrons. The molecule has 1 saturated heterocycles. The van der Waals surface area contributed by atoms with Crippen molar-refractivity contribution >= 4 is 22.9 Å². The Morgan fingerprint density at radius 3 is 2.90 bits per heavy atom. The number of aromatic amines is 1. The van der Waals surface area contributed by atoms with Crippen LogP contribution in [-0.2, 0) is 4.79 Å². The molecule has 0 saturated carbocycles. The largest absolute Gasteiger partial charge is 0.481 e. The van der Waals surface area contributed by atoms with Crippen molar-refractivity contribution in [2.24, 2.45) is 5.92 Å². The molecular formula is C14H14FN3O3. The molecule has 2 heterocycles. The van der Waals surface area contributed by atoms with Gasteiger partial charge in [0, 0.05) is 12.6 Å². The number of carbonyl (C=O) groups is 2. The summed E-state index contributed by atoms with van der Waals surface area (Å²) in [4.78, 5) is 32.0. The van der Waals surface area contributed by atoms with Crippen molar-refractivity contribution in [2.75, 3.05) is 6.54 Å². The van der Waals surface area contributed by atoms with Gasteiger partial charge in [0.05, 0.1) is 23.3 Å². The second kappa shape index (κ2) is 4.83. The summed E-state index contributed by atoms with van der Waals surface area (Å²) in [5.74, 6) is -2.42. The fraction of sp³-hybridized carbons (Fsp3) is 0.357. The van der Waals surface area contributed by atoms with Gasteiger partial charge in [0.2, 0.25) is 0 Å². The number of rotatable bonds is 2. The van der Waals surface area contributed by atoms with Crippen molar-refractivity contribution < 1.29 is 19.1 Å². The van der Waals surface area contributed by atoms with Crippen molar-refractivity contribution in [3.63, 3.8) is 0 Å². The van der Waals surface area contributed by atoms with E-state index in [0.717, 1.165) is 6.07 Å². The molecule has 7 heteroatoms. The van der Waals surface area contributed by atoms with E-state index in [0.29, 0.717) is 24.0 Å². The summed E-state index contributed by atoms with van der Waals surface area (Å²) >= 11 is 0. The number of nitrogens with one attached hydrogen (secondary N) is 1. The first-order valence-electron chi connectivity index (χ1n) is 6.65. The zero-order valence-electron chi connectivity index (χ0n) is 11.3. The molecule has 21 heavy (non-hydrogen) atoms. The second-order valence-electron chi connectivity index (χ2n) is 5.22. The zero-order valence-corrected chi connectivity index (χ0v) is 11.3. The maximum atomic E-state index is 13.6. The lowest BCUT2D eigenvalue weighted by Crippen LogP contribution is -2.37. The summed E-state index contributed by atoms with van der Waals surface area (Å²) in [7, 11) is 0. The zero-order chi connectivity index (χ0) is 15.1. The number of carbonyl (C=O) groups excluding carboxylic acids is 1. The molecule has 1 aromatic carbocycles. The highest BCUT2D eigenvalue weighted by molar-refractivity contribution is 6.05. The van der Waals surface area contributed by atoms with E-state index in [-0.39, 0.29) is 11.5 Å². The average molecular weight is 291 g/mol. The van der Waals surface area contributed by atoms with Gasteiger partial charge in [0.1, 0.15) is 11.3 Å². The van der Waals surface area contributed by atoms with Crippen LogP contribution < -0.4 is 0 Å². The van der Waals surface area contributed by atoms with Crippen LogP contribution in [0.5, 0.6) is 0 Å². The molecule has 1 aromatic heterocycles. The lowest BCUT2D eigenvalue weighted by atomic mass is 10.0. The molecule has 2 unspecified atom stereocenters. The van der Waals surface area contributed by atoms with E-state index in [9.17, 15) is 14.0 Å². The Hall–Kier alpha value is -2.44. The molecule has 1 aliphatic rings. The van der Waals surface area contributed by atoms with Crippen molar-refractivity contribution in [1.29, 1.82) is 0 Å². The Kier molecular flexibility index (Phi) is 3.12. The Morgan fingerprint density at radius 1 is 1.48 bits per heavy atom. The summed E-state index contributed by atoms with van der Waals surface area (Å²) in [6.45, 7) is 2.05. The smallest absolute Gasteiger partial charge is 0.308 e. The van der Waals surface area contributed by atoms with E-state index in [1.165, 1.54) is 17.3 Å². The van der Waals surface area contributed by atoms with Crippen molar-refractivity contribution in [2.45, 2.75) is 19.4 Å². The third-order valence-electron chi connectivity index (χ3n) is 4.05. The number of aliphatic carboxylic acids is 1. The minimum absolute atomic E-state index is 0.157. The van der Waals surface area contributed by atoms with E-state index >= 15 is 0 Å². The predicted octanol–water partition coefficient (Wildman–Crippen LogP) is 1.64. The van der Waals surface area contributed by atoms with Gasteiger partial charge in [-0.15, -0.1) is 0 Å². The number of carboxylic acid groups (broad SMARTS) is 1. The van der Waals surface area contributed by atoms with E-state index < -0.39 is 23.7 Å². The van der Waals surface area contributed by atoms with Gasteiger partial charge in [-0.05, 0) is 25.5 Å². The Labute approximate surface area is 119 Å². The quantitative estimate of drug-likeness (QED) is 0.880. The number of nitrogens with zero attached hydrogens (tertiary/aromatic N) is 2. The Bertz CT molecular complexity index is 727. The number of amides is 1. The highest BCUT2D eigenvalue weighted by Crippen LogP contribution is 2.28. The van der Waals surface area contributed by atoms with E-state index in [1.54, 1.807) is 6.92 Å². The van der Waals surface area contributed by atoms with Gasteiger partial charge in [-0.25, -0.2) is 9.37 Å². The summed E-state index contributed by atoms with van der Waals surface area (Å²) in [6.07, 6.45) is 1.80. The SMILES string of the molecule is CC1C(C(=O)O)CCN1C(=O)c1cc(F)cc2[nH]cnc12. The van der Waals surface area contributed by atoms with Crippen LogP contribution >= 0.6 is 0 Å². The third kappa shape index (κ3) is 2.14. The van der Waals surface area contributed by atoms with Gasteiger partial charge in [-0.1, -0.05) is 0 Å². The summed E-state index contributed by atoms with van der Waals surface area (Å²) in [5, 5.41) is 9.12. The summed E-state index contributed by atoms with van der Waals surface area (Å²) in [5.41, 5.74) is 0.997. The van der Waals surface area contributed by atoms with Crippen LogP contribution in [0.15, 0.2) is 18.5 Å². The number of benzene rings is 1. The first kappa shape index (κ1) is 13.5. The first-order valence-corrected chi connectivity index (χ1v) is 6.65. The molecule has 1 amide bonds. The fourth-order valence-electron chi connectivity index (χ4n) is 2.89. The van der Waals surface area contributed by atoms with Crippen LogP contribution in [0.4, 0.5) is 4.39 Å². The second-order valence-corrected chi connectivity index (χ2v) is 5.22. The number of hydrogen-bond acceptors (Lipinski definition) is 3. The van der Waals surface area contributed by atoms with Gasteiger partial charge in [0.25, 0.3) is 5.91 Å². The average Bonchev–Trinajstić information content (AvgIpc) is 3.03. The fourth-order valence-corrected chi connectivity index (χ4v) is 2.89. The minimum atomic E-state index is -0.915. The number of imidazole rings is 1. The van der Waals surface area contributed by atoms with Gasteiger partial charge >= 0.3 is 5.97 Å². The van der Waals surface area contributed by atoms with E-state index in [2.05, 4.69) is 9.97 Å². The van der Waals surface area contributed by atoms with Crippen LogP contribution in [0.1, 0.15) is 23.7 Å². The lowest BCUT2D eigenvalue weighted by Gasteiger charge is -2.23. The molecule has 2 atom stereocenters. The molecule has 0 bridgehead atoms. The van der Waals surface area contributed by atoms with Crippen molar-refractivity contribution in [1.82, 2.24) is 14.9 Å². The number of fused-ring (bicyclic) bond motifs is 1. The number of carboxylic acids is 1. The van der Waals surface area contributed by atoms with Crippen LogP contribution in [0, 0.1) is 11.7 Å². The maximum absolute atomic E-state index is 13.6. The van der Waals surface area contributed by atoms with Crippen LogP contribution in [0.25, 0.3) is 11.0 Å². The molecule has 6 nitrogen and oxygen atoms in total. The normalized spacial score (nSPS) is 21.9. The lowest BCUT2D eigenvalue weighted by molar-refractivity contribution is -0.142. The number of hydrogen-bond donors (Lipinski definition) is 2. The first-order chi connectivity index (χ1) is 9.99. The molecule has 0 radical (unpaired) electrons. The molecule has 2 N–H and O–H groups in total. The van der Waals surface area contributed by atoms with Gasteiger partial charge < -0.3 is 15.0 Å². The molecule has 2 aromatic rings. The minimum Gasteiger partial charge on any atom is -0.481 e. The van der Waals surface area contributed by atoms with Crippen LogP contribution in [0.3, 0.4) is 0 Å². The third-order valence-corrected chi connectivity index (χ3v) is 4.05. The summed E-state index contributed by atoms with van der Waals surface area (Å²) in [6, 6.07) is 1.99. The van der Waals surface area contributed by atoms with Crippen LogP contribution in [-0.4, -0.2) is 44.4 Å². The van der Waals surface area contributed by atoms with E-state index in [4.69, 9.17) is 5.11 Å². The highest BCUT2D eigenvalue weighted by Gasteiger charge is 2.39. The monoisotopic (exact) mass is 291 g/mol. The van der Waals surface area contributed by atoms with Crippen molar-refractivity contribution in [3.8, 4) is 0 Å². The van der Waals surface area contributed by atoms with Gasteiger partial charge in [-0.2, -0.15) is 0 Å². The molecule has 3 rings (SSSR count). The van der Waals surface area contributed by atoms with E-state index in [1.807, 2.05) is 0 Å². The molecular weight excluding hydrogens is 277 g/mol. The predicted molar refractivity (Wildman–Crippen MR) is 72.3 cm³/mol. The molecule has 0 spiro atoms. The van der Waals surface area contributed by atoms with Crippen molar-refractivity contribution in [3.05, 3.63) is 29.8 Å². The standard InChI is InChI=1S/C14H14FN3O3/c1-7-9(14(20)21)2-3-18(7)13(19)10-4-8(15)5-11-12(10)17-6-16-11/h4-7,9H,2-3H2,1H3,(H,16,17)(H,20,21). The molecule has 1 aliphatic heterocycles.